The average molecular weight is 290 g/mol. The Morgan fingerprint density at radius 3 is 2.38 bits per heavy atom. The summed E-state index contributed by atoms with van der Waals surface area (Å²) in [6, 6.07) is 10.7. The minimum absolute atomic E-state index is 0.126. The molecule has 2 N–H and O–H groups in total. The van der Waals surface area contributed by atoms with Gasteiger partial charge in [-0.05, 0) is 51.3 Å². The molecule has 1 aliphatic heterocycles. The maximum absolute atomic E-state index is 10.2. The molecule has 1 aromatic carbocycles. The van der Waals surface area contributed by atoms with Crippen LogP contribution >= 0.6 is 0 Å². The van der Waals surface area contributed by atoms with Gasteiger partial charge in [0, 0.05) is 12.6 Å². The topological polar surface area (TPSA) is 35.5 Å². The number of aliphatic hydroxyl groups is 1. The van der Waals surface area contributed by atoms with E-state index >= 15 is 0 Å². The standard InChI is InChI=1S/C18H30N2O/c1-15(2)19-18(14-21,17-7-5-4-6-8-17)13-20-11-9-16(3)10-12-20/h4-8,15-16,19,21H,9-14H2,1-3H3. The van der Waals surface area contributed by atoms with Crippen molar-refractivity contribution in [2.75, 3.05) is 26.2 Å². The molecule has 0 bridgehead atoms. The van der Waals surface area contributed by atoms with E-state index in [1.54, 1.807) is 0 Å². The van der Waals surface area contributed by atoms with Gasteiger partial charge in [0.05, 0.1) is 12.1 Å². The molecule has 3 nitrogen and oxygen atoms in total. The highest BCUT2D eigenvalue weighted by Gasteiger charge is 2.34. The lowest BCUT2D eigenvalue weighted by Gasteiger charge is -2.42. The Bertz CT molecular complexity index is 412. The molecule has 1 aliphatic rings. The molecule has 1 saturated heterocycles. The van der Waals surface area contributed by atoms with Gasteiger partial charge in [-0.25, -0.2) is 0 Å². The zero-order valence-electron chi connectivity index (χ0n) is 13.7. The summed E-state index contributed by atoms with van der Waals surface area (Å²) in [7, 11) is 0. The van der Waals surface area contributed by atoms with Gasteiger partial charge in [0.1, 0.15) is 0 Å². The van der Waals surface area contributed by atoms with Gasteiger partial charge < -0.3 is 15.3 Å². The van der Waals surface area contributed by atoms with E-state index in [1.807, 2.05) is 6.07 Å². The Labute approximate surface area is 129 Å². The van der Waals surface area contributed by atoms with Crippen LogP contribution in [0.1, 0.15) is 39.2 Å². The Morgan fingerprint density at radius 2 is 1.86 bits per heavy atom. The fraction of sp³-hybridized carbons (Fsp3) is 0.667. The van der Waals surface area contributed by atoms with Crippen LogP contribution in [0.4, 0.5) is 0 Å². The number of likely N-dealkylation sites (tertiary alicyclic amines) is 1. The van der Waals surface area contributed by atoms with E-state index in [4.69, 9.17) is 0 Å². The van der Waals surface area contributed by atoms with Crippen LogP contribution in [0.2, 0.25) is 0 Å². The van der Waals surface area contributed by atoms with Crippen molar-refractivity contribution in [2.24, 2.45) is 5.92 Å². The van der Waals surface area contributed by atoms with E-state index in [1.165, 1.54) is 18.4 Å². The fourth-order valence-corrected chi connectivity index (χ4v) is 3.32. The summed E-state index contributed by atoms with van der Waals surface area (Å²) in [4.78, 5) is 2.50. The Hall–Kier alpha value is -0.900. The molecular formula is C18H30N2O. The molecule has 3 heteroatoms. The SMILES string of the molecule is CC1CCN(CC(CO)(NC(C)C)c2ccccc2)CC1. The molecule has 0 radical (unpaired) electrons. The second kappa shape index (κ2) is 7.39. The summed E-state index contributed by atoms with van der Waals surface area (Å²) >= 11 is 0. The highest BCUT2D eigenvalue weighted by atomic mass is 16.3. The largest absolute Gasteiger partial charge is 0.394 e. The Kier molecular flexibility index (Phi) is 5.80. The van der Waals surface area contributed by atoms with Crippen LogP contribution in [-0.2, 0) is 5.54 Å². The van der Waals surface area contributed by atoms with Crippen LogP contribution in [0.5, 0.6) is 0 Å². The van der Waals surface area contributed by atoms with Gasteiger partial charge in [0.25, 0.3) is 0 Å². The molecule has 1 fully saturated rings. The molecule has 0 aliphatic carbocycles. The molecule has 0 spiro atoms. The Balaban J connectivity index is 2.19. The minimum Gasteiger partial charge on any atom is -0.394 e. The predicted molar refractivity (Wildman–Crippen MR) is 88.3 cm³/mol. The molecule has 118 valence electrons. The number of benzene rings is 1. The highest BCUT2D eigenvalue weighted by Crippen LogP contribution is 2.26. The first-order chi connectivity index (χ1) is 10.1. The van der Waals surface area contributed by atoms with Crippen LogP contribution in [0.15, 0.2) is 30.3 Å². The van der Waals surface area contributed by atoms with Crippen molar-refractivity contribution in [3.8, 4) is 0 Å². The maximum atomic E-state index is 10.2. The molecule has 1 atom stereocenters. The quantitative estimate of drug-likeness (QED) is 0.845. The second-order valence-corrected chi connectivity index (χ2v) is 6.86. The third-order valence-corrected chi connectivity index (χ3v) is 4.53. The number of aliphatic hydroxyl groups excluding tert-OH is 1. The lowest BCUT2D eigenvalue weighted by molar-refractivity contribution is 0.0812. The van der Waals surface area contributed by atoms with E-state index in [0.29, 0.717) is 6.04 Å². The van der Waals surface area contributed by atoms with Crippen LogP contribution in [-0.4, -0.2) is 42.3 Å². The predicted octanol–water partition coefficient (Wildman–Crippen LogP) is 2.60. The zero-order valence-corrected chi connectivity index (χ0v) is 13.7. The number of piperidine rings is 1. The van der Waals surface area contributed by atoms with Gasteiger partial charge in [-0.1, -0.05) is 37.3 Å². The van der Waals surface area contributed by atoms with Crippen molar-refractivity contribution in [3.63, 3.8) is 0 Å². The van der Waals surface area contributed by atoms with Gasteiger partial charge in [0.15, 0.2) is 0 Å². The maximum Gasteiger partial charge on any atom is 0.0799 e. The number of nitrogens with zero attached hydrogens (tertiary/aromatic N) is 1. The highest BCUT2D eigenvalue weighted by molar-refractivity contribution is 5.25. The summed E-state index contributed by atoms with van der Waals surface area (Å²) in [5.74, 6) is 0.833. The number of rotatable bonds is 6. The van der Waals surface area contributed by atoms with Crippen molar-refractivity contribution >= 4 is 0 Å². The summed E-state index contributed by atoms with van der Waals surface area (Å²) in [5.41, 5.74) is 0.815. The number of nitrogens with one attached hydrogen (secondary N) is 1. The molecule has 0 aromatic heterocycles. The third kappa shape index (κ3) is 4.29. The van der Waals surface area contributed by atoms with Crippen LogP contribution in [0, 0.1) is 5.92 Å². The van der Waals surface area contributed by atoms with Crippen molar-refractivity contribution < 1.29 is 5.11 Å². The van der Waals surface area contributed by atoms with Crippen molar-refractivity contribution in [2.45, 2.75) is 45.2 Å². The molecule has 1 aromatic rings. The van der Waals surface area contributed by atoms with E-state index in [0.717, 1.165) is 25.6 Å². The molecule has 0 saturated carbocycles. The first kappa shape index (κ1) is 16.5. The van der Waals surface area contributed by atoms with Gasteiger partial charge in [-0.2, -0.15) is 0 Å². The normalized spacial score (nSPS) is 20.6. The number of hydrogen-bond acceptors (Lipinski definition) is 3. The van der Waals surface area contributed by atoms with E-state index in [2.05, 4.69) is 55.3 Å². The van der Waals surface area contributed by atoms with E-state index < -0.39 is 0 Å². The monoisotopic (exact) mass is 290 g/mol. The van der Waals surface area contributed by atoms with Crippen LogP contribution in [0.25, 0.3) is 0 Å². The minimum atomic E-state index is -0.365. The van der Waals surface area contributed by atoms with Crippen LogP contribution in [0.3, 0.4) is 0 Å². The summed E-state index contributed by atoms with van der Waals surface area (Å²) in [5, 5.41) is 13.8. The molecule has 2 rings (SSSR count). The first-order valence-corrected chi connectivity index (χ1v) is 8.22. The molecule has 21 heavy (non-hydrogen) atoms. The molecule has 0 amide bonds. The summed E-state index contributed by atoms with van der Waals surface area (Å²) in [6.45, 7) is 9.89. The van der Waals surface area contributed by atoms with Crippen molar-refractivity contribution in [1.29, 1.82) is 0 Å². The van der Waals surface area contributed by atoms with Gasteiger partial charge in [-0.3, -0.25) is 0 Å². The molecule has 1 unspecified atom stereocenters. The summed E-state index contributed by atoms with van der Waals surface area (Å²) in [6.07, 6.45) is 2.52. The second-order valence-electron chi connectivity index (χ2n) is 6.86. The fourth-order valence-electron chi connectivity index (χ4n) is 3.32. The molecule has 1 heterocycles. The third-order valence-electron chi connectivity index (χ3n) is 4.53. The number of hydrogen-bond donors (Lipinski definition) is 2. The smallest absolute Gasteiger partial charge is 0.0799 e. The first-order valence-electron chi connectivity index (χ1n) is 8.22. The summed E-state index contributed by atoms with van der Waals surface area (Å²) < 4.78 is 0. The van der Waals surface area contributed by atoms with Gasteiger partial charge >= 0.3 is 0 Å². The Morgan fingerprint density at radius 1 is 1.24 bits per heavy atom. The van der Waals surface area contributed by atoms with Gasteiger partial charge in [-0.15, -0.1) is 0 Å². The van der Waals surface area contributed by atoms with Crippen LogP contribution < -0.4 is 5.32 Å². The van der Waals surface area contributed by atoms with E-state index in [-0.39, 0.29) is 12.1 Å². The molecular weight excluding hydrogens is 260 g/mol. The van der Waals surface area contributed by atoms with E-state index in [9.17, 15) is 5.11 Å². The zero-order chi connectivity index (χ0) is 15.3. The van der Waals surface area contributed by atoms with Crippen molar-refractivity contribution in [3.05, 3.63) is 35.9 Å². The lowest BCUT2D eigenvalue weighted by Crippen LogP contribution is -2.56. The van der Waals surface area contributed by atoms with Crippen molar-refractivity contribution in [1.82, 2.24) is 10.2 Å². The lowest BCUT2D eigenvalue weighted by atomic mass is 9.87. The average Bonchev–Trinajstić information content (AvgIpc) is 2.49. The van der Waals surface area contributed by atoms with Gasteiger partial charge in [0.2, 0.25) is 0 Å².